The Kier molecular flexibility index (Phi) is 5.11. The fourth-order valence-corrected chi connectivity index (χ4v) is 4.22. The molecule has 4 aromatic rings. The summed E-state index contributed by atoms with van der Waals surface area (Å²) in [6.07, 6.45) is 3.52. The Bertz CT molecular complexity index is 1290. The summed E-state index contributed by atoms with van der Waals surface area (Å²) in [5.74, 6) is 1.80. The van der Waals surface area contributed by atoms with Gasteiger partial charge in [0.05, 0.1) is 24.2 Å². The van der Waals surface area contributed by atoms with Crippen LogP contribution in [0, 0.1) is 6.92 Å². The highest BCUT2D eigenvalue weighted by atomic mass is 32.2. The van der Waals surface area contributed by atoms with E-state index in [2.05, 4.69) is 15.1 Å². The first-order valence-corrected chi connectivity index (χ1v) is 11.1. The molecular weight excluding hydrogens is 414 g/mol. The first kappa shape index (κ1) is 19.6. The third-order valence-corrected chi connectivity index (χ3v) is 6.04. The van der Waals surface area contributed by atoms with E-state index in [9.17, 15) is 9.59 Å². The van der Waals surface area contributed by atoms with E-state index in [1.165, 1.54) is 18.0 Å². The van der Waals surface area contributed by atoms with Crippen LogP contribution >= 0.6 is 11.8 Å². The van der Waals surface area contributed by atoms with E-state index < -0.39 is 0 Å². The molecule has 1 aliphatic rings. The summed E-state index contributed by atoms with van der Waals surface area (Å²) in [4.78, 5) is 34.6. The zero-order chi connectivity index (χ0) is 21.4. The van der Waals surface area contributed by atoms with Gasteiger partial charge >= 0.3 is 0 Å². The van der Waals surface area contributed by atoms with Crippen LogP contribution in [-0.2, 0) is 11.3 Å². The summed E-state index contributed by atoms with van der Waals surface area (Å²) < 4.78 is 7.28. The Labute approximate surface area is 182 Å². The Hall–Kier alpha value is -3.33. The predicted octanol–water partition coefficient (Wildman–Crippen LogP) is 3.29. The minimum absolute atomic E-state index is 0.000802. The zero-order valence-electron chi connectivity index (χ0n) is 16.9. The molecule has 1 N–H and O–H groups in total. The molecule has 1 aromatic carbocycles. The molecule has 3 heterocycles. The van der Waals surface area contributed by atoms with Gasteiger partial charge in [0.2, 0.25) is 5.91 Å². The number of furan rings is 1. The van der Waals surface area contributed by atoms with Crippen LogP contribution in [-0.4, -0.2) is 42.4 Å². The maximum Gasteiger partial charge on any atom is 0.262 e. The van der Waals surface area contributed by atoms with Crippen molar-refractivity contribution in [3.05, 3.63) is 70.5 Å². The molecule has 5 rings (SSSR count). The maximum absolute atomic E-state index is 12.9. The number of nitrogens with one attached hydrogen (secondary N) is 1. The van der Waals surface area contributed by atoms with Gasteiger partial charge in [-0.1, -0.05) is 30.0 Å². The van der Waals surface area contributed by atoms with Gasteiger partial charge in [0.25, 0.3) is 5.56 Å². The zero-order valence-corrected chi connectivity index (χ0v) is 17.8. The van der Waals surface area contributed by atoms with E-state index in [0.717, 1.165) is 30.0 Å². The average Bonchev–Trinajstić information content (AvgIpc) is 3.39. The topological polar surface area (TPSA) is 97.0 Å². The second-order valence-corrected chi connectivity index (χ2v) is 8.52. The number of amides is 1. The fraction of sp³-hybridized carbons (Fsp3) is 0.273. The molecule has 31 heavy (non-hydrogen) atoms. The summed E-state index contributed by atoms with van der Waals surface area (Å²) >= 11 is 1.22. The van der Waals surface area contributed by atoms with Crippen LogP contribution in [0.2, 0.25) is 0 Å². The Balaban J connectivity index is 1.35. The van der Waals surface area contributed by atoms with Gasteiger partial charge in [-0.3, -0.25) is 9.59 Å². The molecule has 0 radical (unpaired) electrons. The van der Waals surface area contributed by atoms with E-state index in [-0.39, 0.29) is 23.3 Å². The van der Waals surface area contributed by atoms with E-state index in [1.807, 2.05) is 54.3 Å². The number of benzene rings is 1. The van der Waals surface area contributed by atoms with Crippen LogP contribution in [0.5, 0.6) is 0 Å². The Morgan fingerprint density at radius 3 is 2.77 bits per heavy atom. The van der Waals surface area contributed by atoms with Crippen LogP contribution in [0.15, 0.2) is 63.0 Å². The summed E-state index contributed by atoms with van der Waals surface area (Å²) in [5, 5.41) is 5.12. The molecule has 1 fully saturated rings. The lowest BCUT2D eigenvalue weighted by Crippen LogP contribution is -2.33. The van der Waals surface area contributed by atoms with Crippen molar-refractivity contribution in [1.29, 1.82) is 0 Å². The standard InChI is InChI=1S/C22H21N5O3S/c1-14-7-10-17(30-14)12-26(15-8-9-15)19(28)13-31-22-24-20-18(21(29)25-22)11-23-27(20)16-5-3-2-4-6-16/h2-7,10-11,15H,8-9,12-13H2,1H3,(H,24,25,29). The number of H-pyrrole nitrogens is 1. The van der Waals surface area contributed by atoms with Crippen molar-refractivity contribution in [1.82, 2.24) is 24.6 Å². The minimum atomic E-state index is -0.271. The van der Waals surface area contributed by atoms with E-state index in [4.69, 9.17) is 4.42 Å². The number of nitrogens with zero attached hydrogens (tertiary/aromatic N) is 4. The molecule has 0 atom stereocenters. The highest BCUT2D eigenvalue weighted by Crippen LogP contribution is 2.30. The van der Waals surface area contributed by atoms with Gasteiger partial charge in [0, 0.05) is 6.04 Å². The van der Waals surface area contributed by atoms with Crippen LogP contribution in [0.4, 0.5) is 0 Å². The van der Waals surface area contributed by atoms with Crippen LogP contribution < -0.4 is 5.56 Å². The van der Waals surface area contributed by atoms with Crippen LogP contribution in [0.3, 0.4) is 0 Å². The molecule has 1 saturated carbocycles. The van der Waals surface area contributed by atoms with Crippen molar-refractivity contribution in [2.45, 2.75) is 37.5 Å². The van der Waals surface area contributed by atoms with Crippen molar-refractivity contribution >= 4 is 28.7 Å². The molecule has 9 heteroatoms. The predicted molar refractivity (Wildman–Crippen MR) is 117 cm³/mol. The van der Waals surface area contributed by atoms with Gasteiger partial charge in [0.15, 0.2) is 10.8 Å². The van der Waals surface area contributed by atoms with Crippen molar-refractivity contribution in [3.8, 4) is 5.69 Å². The van der Waals surface area contributed by atoms with Gasteiger partial charge in [-0.15, -0.1) is 0 Å². The number of carbonyl (C=O) groups excluding carboxylic acids is 1. The van der Waals surface area contributed by atoms with Gasteiger partial charge in [-0.05, 0) is 44.0 Å². The Morgan fingerprint density at radius 2 is 2.06 bits per heavy atom. The second-order valence-electron chi connectivity index (χ2n) is 7.55. The van der Waals surface area contributed by atoms with E-state index in [1.54, 1.807) is 4.68 Å². The summed E-state index contributed by atoms with van der Waals surface area (Å²) in [6, 6.07) is 13.6. The average molecular weight is 436 g/mol. The first-order chi connectivity index (χ1) is 15.1. The summed E-state index contributed by atoms with van der Waals surface area (Å²) in [6.45, 7) is 2.35. The molecule has 0 aliphatic heterocycles. The molecule has 8 nitrogen and oxygen atoms in total. The molecule has 0 bridgehead atoms. The van der Waals surface area contributed by atoms with Crippen molar-refractivity contribution in [2.75, 3.05) is 5.75 Å². The lowest BCUT2D eigenvalue weighted by atomic mass is 10.3. The number of aromatic amines is 1. The van der Waals surface area contributed by atoms with Gasteiger partial charge in [0.1, 0.15) is 16.9 Å². The molecule has 158 valence electrons. The second kappa shape index (κ2) is 8.07. The van der Waals surface area contributed by atoms with Crippen LogP contribution in [0.25, 0.3) is 16.7 Å². The quantitative estimate of drug-likeness (QED) is 0.353. The number of thioether (sulfide) groups is 1. The highest BCUT2D eigenvalue weighted by Gasteiger charge is 2.33. The lowest BCUT2D eigenvalue weighted by Gasteiger charge is -2.21. The number of fused-ring (bicyclic) bond motifs is 1. The summed E-state index contributed by atoms with van der Waals surface area (Å²) in [5.41, 5.74) is 1.01. The largest absolute Gasteiger partial charge is 0.464 e. The SMILES string of the molecule is Cc1ccc(CN(C(=O)CSc2nc3c(cnn3-c3ccccc3)c(=O)[nH]2)C2CC2)o1. The van der Waals surface area contributed by atoms with Gasteiger partial charge in [-0.25, -0.2) is 9.67 Å². The molecule has 3 aromatic heterocycles. The third-order valence-electron chi connectivity index (χ3n) is 5.18. The molecule has 0 unspecified atom stereocenters. The van der Waals surface area contributed by atoms with E-state index in [0.29, 0.717) is 22.7 Å². The van der Waals surface area contributed by atoms with Crippen molar-refractivity contribution in [2.24, 2.45) is 0 Å². The smallest absolute Gasteiger partial charge is 0.262 e. The number of rotatable bonds is 7. The number of hydrogen-bond acceptors (Lipinski definition) is 6. The number of aryl methyl sites for hydroxylation is 1. The lowest BCUT2D eigenvalue weighted by molar-refractivity contribution is -0.129. The van der Waals surface area contributed by atoms with E-state index >= 15 is 0 Å². The highest BCUT2D eigenvalue weighted by molar-refractivity contribution is 7.99. The minimum Gasteiger partial charge on any atom is -0.464 e. The maximum atomic E-state index is 12.9. The fourth-order valence-electron chi connectivity index (χ4n) is 3.48. The first-order valence-electron chi connectivity index (χ1n) is 10.1. The third kappa shape index (κ3) is 4.13. The van der Waals surface area contributed by atoms with Crippen molar-refractivity contribution < 1.29 is 9.21 Å². The molecule has 0 saturated heterocycles. The molecule has 1 aliphatic carbocycles. The van der Waals surface area contributed by atoms with Gasteiger partial charge < -0.3 is 14.3 Å². The molecular formula is C22H21N5O3S. The number of aromatic nitrogens is 4. The summed E-state index contributed by atoms with van der Waals surface area (Å²) in [7, 11) is 0. The molecule has 1 amide bonds. The van der Waals surface area contributed by atoms with Crippen molar-refractivity contribution in [3.63, 3.8) is 0 Å². The van der Waals surface area contributed by atoms with Crippen LogP contribution in [0.1, 0.15) is 24.4 Å². The Morgan fingerprint density at radius 1 is 1.26 bits per heavy atom. The normalized spacial score (nSPS) is 13.6. The van der Waals surface area contributed by atoms with Gasteiger partial charge in [-0.2, -0.15) is 5.10 Å². The monoisotopic (exact) mass is 435 g/mol. The number of para-hydroxylation sites is 1. The number of hydrogen-bond donors (Lipinski definition) is 1. The number of carbonyl (C=O) groups is 1. The molecule has 0 spiro atoms.